The van der Waals surface area contributed by atoms with Gasteiger partial charge in [-0.3, -0.25) is 4.18 Å². The number of carbonyl (C=O) groups is 1. The fourth-order valence-corrected chi connectivity index (χ4v) is 4.95. The van der Waals surface area contributed by atoms with E-state index in [4.69, 9.17) is 56.3 Å². The Bertz CT molecular complexity index is 1260. The highest BCUT2D eigenvalue weighted by Crippen LogP contribution is 2.13. The molecule has 0 bridgehead atoms. The Balaban J connectivity index is 1.17. The molecule has 17 heteroatoms. The number of hydrogen-bond acceptors (Lipinski definition) is 15. The zero-order valence-electron chi connectivity index (χ0n) is 31.5. The Morgan fingerprint density at radius 3 is 1.22 bits per heavy atom. The number of alkyl carbamates (subject to hydrolysis) is 1. The van der Waals surface area contributed by atoms with Gasteiger partial charge in [0, 0.05) is 6.54 Å². The van der Waals surface area contributed by atoms with E-state index in [0.29, 0.717) is 132 Å². The molecule has 2 rings (SSSR count). The molecule has 0 aliphatic carbocycles. The van der Waals surface area contributed by atoms with E-state index in [1.165, 1.54) is 12.1 Å². The summed E-state index contributed by atoms with van der Waals surface area (Å²) >= 11 is 0. The van der Waals surface area contributed by atoms with Gasteiger partial charge in [-0.1, -0.05) is 48.0 Å². The first-order valence-electron chi connectivity index (χ1n) is 18.2. The third-order valence-corrected chi connectivity index (χ3v) is 8.18. The monoisotopic (exact) mass is 789 g/mol. The van der Waals surface area contributed by atoms with Crippen LogP contribution in [0.25, 0.3) is 0 Å². The lowest BCUT2D eigenvalue weighted by Gasteiger charge is -2.09. The maximum Gasteiger partial charge on any atom is 0.407 e. The van der Waals surface area contributed by atoms with Crippen LogP contribution in [0, 0.1) is 6.92 Å². The minimum Gasteiger partial charge on any atom is -0.445 e. The van der Waals surface area contributed by atoms with Crippen LogP contribution in [0.15, 0.2) is 59.5 Å². The zero-order valence-corrected chi connectivity index (χ0v) is 32.3. The van der Waals surface area contributed by atoms with Crippen LogP contribution in [0.5, 0.6) is 0 Å². The van der Waals surface area contributed by atoms with E-state index in [1.54, 1.807) is 12.1 Å². The molecule has 0 saturated heterocycles. The first-order valence-corrected chi connectivity index (χ1v) is 19.6. The number of rotatable bonds is 37. The molecule has 0 aliphatic heterocycles. The normalized spacial score (nSPS) is 11.6. The molecule has 0 atom stereocenters. The molecular weight excluding hydrogens is 730 g/mol. The smallest absolute Gasteiger partial charge is 0.407 e. The van der Waals surface area contributed by atoms with Crippen LogP contribution in [0.2, 0.25) is 0 Å². The second-order valence-corrected chi connectivity index (χ2v) is 12.8. The molecule has 0 heterocycles. The van der Waals surface area contributed by atoms with Crippen molar-refractivity contribution in [1.82, 2.24) is 5.32 Å². The first kappa shape index (κ1) is 47.4. The third-order valence-electron chi connectivity index (χ3n) is 6.85. The van der Waals surface area contributed by atoms with Crippen molar-refractivity contribution in [3.63, 3.8) is 0 Å². The van der Waals surface area contributed by atoms with Crippen LogP contribution >= 0.6 is 0 Å². The van der Waals surface area contributed by atoms with Gasteiger partial charge in [-0.15, -0.1) is 0 Å². The highest BCUT2D eigenvalue weighted by Gasteiger charge is 2.14. The van der Waals surface area contributed by atoms with Gasteiger partial charge in [-0.05, 0) is 24.6 Å². The average Bonchev–Trinajstić information content (AvgIpc) is 3.17. The molecule has 54 heavy (non-hydrogen) atoms. The maximum atomic E-state index is 12.1. The van der Waals surface area contributed by atoms with Crippen LogP contribution in [0.4, 0.5) is 4.79 Å². The lowest BCUT2D eigenvalue weighted by molar-refractivity contribution is -0.0266. The van der Waals surface area contributed by atoms with Crippen molar-refractivity contribution >= 4 is 16.2 Å². The lowest BCUT2D eigenvalue weighted by Crippen LogP contribution is -2.28. The Kier molecular flexibility index (Phi) is 29.4. The van der Waals surface area contributed by atoms with E-state index >= 15 is 0 Å². The Labute approximate surface area is 320 Å². The van der Waals surface area contributed by atoms with E-state index in [2.05, 4.69) is 5.32 Å². The van der Waals surface area contributed by atoms with Crippen molar-refractivity contribution in [2.45, 2.75) is 18.4 Å². The molecule has 308 valence electrons. The number of hydrogen-bond donors (Lipinski definition) is 1. The van der Waals surface area contributed by atoms with Crippen LogP contribution in [-0.2, 0) is 73.0 Å². The molecule has 0 aliphatic rings. The zero-order chi connectivity index (χ0) is 38.6. The van der Waals surface area contributed by atoms with Crippen LogP contribution in [0.1, 0.15) is 11.1 Å². The molecule has 0 radical (unpaired) electrons. The summed E-state index contributed by atoms with van der Waals surface area (Å²) in [5.41, 5.74) is 1.90. The predicted molar refractivity (Wildman–Crippen MR) is 197 cm³/mol. The molecule has 2 aromatic carbocycles. The van der Waals surface area contributed by atoms with Gasteiger partial charge in [0.1, 0.15) is 6.61 Å². The minimum absolute atomic E-state index is 0.0655. The predicted octanol–water partition coefficient (Wildman–Crippen LogP) is 2.79. The Morgan fingerprint density at radius 2 is 0.833 bits per heavy atom. The maximum absolute atomic E-state index is 12.1. The quantitative estimate of drug-likeness (QED) is 0.0782. The highest BCUT2D eigenvalue weighted by molar-refractivity contribution is 7.86. The van der Waals surface area contributed by atoms with Gasteiger partial charge in [0.15, 0.2) is 0 Å². The number of aryl methyl sites for hydroxylation is 1. The molecule has 16 nitrogen and oxygen atoms in total. The summed E-state index contributed by atoms with van der Waals surface area (Å²) in [6.45, 7) is 10.9. The topological polar surface area (TPSA) is 174 Å². The molecule has 1 amide bonds. The van der Waals surface area contributed by atoms with E-state index in [-0.39, 0.29) is 24.7 Å². The number of nitrogens with one attached hydrogen (secondary N) is 1. The molecule has 1 N–H and O–H groups in total. The summed E-state index contributed by atoms with van der Waals surface area (Å²) in [5, 5.41) is 2.64. The van der Waals surface area contributed by atoms with Gasteiger partial charge in [-0.25, -0.2) is 4.79 Å². The fraction of sp³-hybridized carbons (Fsp3) is 0.649. The van der Waals surface area contributed by atoms with Crippen molar-refractivity contribution in [1.29, 1.82) is 0 Å². The fourth-order valence-electron chi connectivity index (χ4n) is 4.06. The van der Waals surface area contributed by atoms with Crippen molar-refractivity contribution in [3.8, 4) is 0 Å². The summed E-state index contributed by atoms with van der Waals surface area (Å²) in [4.78, 5) is 11.8. The lowest BCUT2D eigenvalue weighted by atomic mass is 10.2. The Morgan fingerprint density at radius 1 is 0.481 bits per heavy atom. The van der Waals surface area contributed by atoms with Crippen molar-refractivity contribution in [2.75, 3.05) is 145 Å². The molecular formula is C37H59NO15S. The summed E-state index contributed by atoms with van der Waals surface area (Å²) < 4.78 is 88.7. The van der Waals surface area contributed by atoms with E-state index in [9.17, 15) is 13.2 Å². The second-order valence-electron chi connectivity index (χ2n) is 11.2. The summed E-state index contributed by atoms with van der Waals surface area (Å²) in [7, 11) is -3.78. The van der Waals surface area contributed by atoms with Gasteiger partial charge in [0.25, 0.3) is 10.1 Å². The van der Waals surface area contributed by atoms with Gasteiger partial charge in [0.2, 0.25) is 0 Å². The Hall–Kier alpha value is -2.78. The number of amides is 1. The summed E-state index contributed by atoms with van der Waals surface area (Å²) in [5.74, 6) is 0. The van der Waals surface area contributed by atoms with E-state index < -0.39 is 16.2 Å². The van der Waals surface area contributed by atoms with E-state index in [1.807, 2.05) is 37.3 Å². The number of ether oxygens (including phenoxy) is 11. The molecule has 0 spiro atoms. The SMILES string of the molecule is Cc1ccc(S(=O)(=O)OCCOCCOCCOCCOCCOCCOCCOCCOCCOCCOCCNC(=O)OCc2ccccc2)cc1. The van der Waals surface area contributed by atoms with Crippen LogP contribution < -0.4 is 5.32 Å². The largest absolute Gasteiger partial charge is 0.445 e. The van der Waals surface area contributed by atoms with Crippen molar-refractivity contribution < 1.29 is 69.5 Å². The average molecular weight is 790 g/mol. The highest BCUT2D eigenvalue weighted by atomic mass is 32.2. The molecule has 2 aromatic rings. The van der Waals surface area contributed by atoms with E-state index in [0.717, 1.165) is 11.1 Å². The standard InChI is InChI=1S/C37H59NO15S/c1-34-7-9-36(10-8-34)54(40,41)53-32-31-51-30-29-50-28-27-49-26-25-48-24-23-47-22-21-46-20-19-45-18-17-44-16-15-43-14-13-42-12-11-38-37(39)52-33-35-5-3-2-4-6-35/h2-10H,11-33H2,1H3,(H,38,39). The van der Waals surface area contributed by atoms with Crippen LogP contribution in [0.3, 0.4) is 0 Å². The van der Waals surface area contributed by atoms with Crippen molar-refractivity contribution in [3.05, 3.63) is 65.7 Å². The third kappa shape index (κ3) is 27.7. The first-order chi connectivity index (χ1) is 26.5. The van der Waals surface area contributed by atoms with Gasteiger partial charge in [0.05, 0.1) is 144 Å². The van der Waals surface area contributed by atoms with Gasteiger partial charge >= 0.3 is 6.09 Å². The number of benzene rings is 2. The molecule has 0 aromatic heterocycles. The number of carbonyl (C=O) groups excluding carboxylic acids is 1. The molecule has 0 fully saturated rings. The van der Waals surface area contributed by atoms with Crippen molar-refractivity contribution in [2.24, 2.45) is 0 Å². The molecule has 0 unspecified atom stereocenters. The summed E-state index contributed by atoms with van der Waals surface area (Å²) in [6.07, 6.45) is -0.477. The summed E-state index contributed by atoms with van der Waals surface area (Å²) in [6, 6.07) is 16.0. The second kappa shape index (κ2) is 33.5. The van der Waals surface area contributed by atoms with Gasteiger partial charge < -0.3 is 57.4 Å². The minimum atomic E-state index is -3.78. The molecule has 0 saturated carbocycles. The van der Waals surface area contributed by atoms with Crippen LogP contribution in [-0.4, -0.2) is 160 Å². The van der Waals surface area contributed by atoms with Gasteiger partial charge in [-0.2, -0.15) is 8.42 Å².